The SMILES string of the molecule is [CH2]CCC(C)C(C)C([CH2])C. The second-order valence-corrected chi connectivity index (χ2v) is 3.46. The van der Waals surface area contributed by atoms with Gasteiger partial charge in [0.15, 0.2) is 0 Å². The Morgan fingerprint density at radius 2 is 1.70 bits per heavy atom. The molecule has 0 spiro atoms. The maximum atomic E-state index is 4.02. The zero-order chi connectivity index (χ0) is 8.15. The smallest absolute Gasteiger partial charge is 0.0391 e. The summed E-state index contributed by atoms with van der Waals surface area (Å²) >= 11 is 0. The van der Waals surface area contributed by atoms with Gasteiger partial charge in [0.1, 0.15) is 0 Å². The zero-order valence-electron chi connectivity index (χ0n) is 7.56. The zero-order valence-corrected chi connectivity index (χ0v) is 7.56. The molecule has 0 aromatic carbocycles. The monoisotopic (exact) mass is 140 g/mol. The number of hydrogen-bond acceptors (Lipinski definition) is 0. The van der Waals surface area contributed by atoms with E-state index in [1.807, 2.05) is 0 Å². The third-order valence-corrected chi connectivity index (χ3v) is 2.45. The van der Waals surface area contributed by atoms with Gasteiger partial charge in [0.2, 0.25) is 0 Å². The fourth-order valence-electron chi connectivity index (χ4n) is 1.15. The van der Waals surface area contributed by atoms with Gasteiger partial charge >= 0.3 is 0 Å². The van der Waals surface area contributed by atoms with Crippen LogP contribution in [0.15, 0.2) is 0 Å². The summed E-state index contributed by atoms with van der Waals surface area (Å²) in [6, 6.07) is 0. The van der Waals surface area contributed by atoms with Crippen LogP contribution in [-0.4, -0.2) is 0 Å². The van der Waals surface area contributed by atoms with Crippen LogP contribution in [0.4, 0.5) is 0 Å². The first-order valence-corrected chi connectivity index (χ1v) is 4.22. The van der Waals surface area contributed by atoms with E-state index in [2.05, 4.69) is 34.6 Å². The molecule has 0 nitrogen and oxygen atoms in total. The summed E-state index contributed by atoms with van der Waals surface area (Å²) in [4.78, 5) is 0. The molecule has 0 aliphatic rings. The quantitative estimate of drug-likeness (QED) is 0.562. The van der Waals surface area contributed by atoms with E-state index < -0.39 is 0 Å². The summed E-state index contributed by atoms with van der Waals surface area (Å²) in [6.07, 6.45) is 2.29. The fraction of sp³-hybridized carbons (Fsp3) is 0.800. The molecule has 0 heterocycles. The van der Waals surface area contributed by atoms with Crippen LogP contribution in [0.2, 0.25) is 0 Å². The van der Waals surface area contributed by atoms with Gasteiger partial charge in [0.25, 0.3) is 0 Å². The molecule has 10 heavy (non-hydrogen) atoms. The van der Waals surface area contributed by atoms with Gasteiger partial charge in [-0.25, -0.2) is 0 Å². The molecule has 0 saturated carbocycles. The molecule has 3 atom stereocenters. The summed E-state index contributed by atoms with van der Waals surface area (Å²) < 4.78 is 0. The molecule has 0 aliphatic carbocycles. The lowest BCUT2D eigenvalue weighted by Crippen LogP contribution is -2.13. The van der Waals surface area contributed by atoms with E-state index in [4.69, 9.17) is 0 Å². The molecule has 0 amide bonds. The first-order valence-electron chi connectivity index (χ1n) is 4.22. The molecule has 0 aromatic rings. The van der Waals surface area contributed by atoms with Gasteiger partial charge in [-0.3, -0.25) is 0 Å². The minimum atomic E-state index is 0.571. The molecule has 3 unspecified atom stereocenters. The lowest BCUT2D eigenvalue weighted by atomic mass is 9.84. The lowest BCUT2D eigenvalue weighted by molar-refractivity contribution is 0.303. The molecule has 2 radical (unpaired) electrons. The van der Waals surface area contributed by atoms with E-state index in [1.165, 1.54) is 6.42 Å². The van der Waals surface area contributed by atoms with Gasteiger partial charge in [-0.15, -0.1) is 0 Å². The highest BCUT2D eigenvalue weighted by atomic mass is 14.2. The van der Waals surface area contributed by atoms with E-state index >= 15 is 0 Å². The fourth-order valence-corrected chi connectivity index (χ4v) is 1.15. The Balaban J connectivity index is 3.58. The van der Waals surface area contributed by atoms with Gasteiger partial charge in [-0.1, -0.05) is 47.5 Å². The van der Waals surface area contributed by atoms with Crippen molar-refractivity contribution in [1.82, 2.24) is 0 Å². The van der Waals surface area contributed by atoms with Crippen LogP contribution in [-0.2, 0) is 0 Å². The maximum Gasteiger partial charge on any atom is -0.0391 e. The molecule has 0 aliphatic heterocycles. The first kappa shape index (κ1) is 10.0. The molecule has 60 valence electrons. The third kappa shape index (κ3) is 3.24. The third-order valence-electron chi connectivity index (χ3n) is 2.45. The van der Waals surface area contributed by atoms with Crippen LogP contribution in [0, 0.1) is 31.6 Å². The Hall–Kier alpha value is 0. The average Bonchev–Trinajstić information content (AvgIpc) is 1.87. The van der Waals surface area contributed by atoms with Crippen LogP contribution >= 0.6 is 0 Å². The topological polar surface area (TPSA) is 0 Å². The molecule has 0 rings (SSSR count). The molecular weight excluding hydrogens is 120 g/mol. The predicted molar refractivity (Wildman–Crippen MR) is 47.4 cm³/mol. The largest absolute Gasteiger partial charge is 0.0622 e. The summed E-state index contributed by atoms with van der Waals surface area (Å²) in [5.74, 6) is 2.09. The van der Waals surface area contributed by atoms with E-state index in [9.17, 15) is 0 Å². The molecule has 0 bridgehead atoms. The summed E-state index contributed by atoms with van der Waals surface area (Å²) in [6.45, 7) is 14.6. The number of rotatable bonds is 4. The summed E-state index contributed by atoms with van der Waals surface area (Å²) in [5.41, 5.74) is 0. The van der Waals surface area contributed by atoms with Crippen molar-refractivity contribution in [3.63, 3.8) is 0 Å². The van der Waals surface area contributed by atoms with Crippen molar-refractivity contribution in [1.29, 1.82) is 0 Å². The standard InChI is InChI=1S/C10H20/c1-6-7-9(4)10(5)8(2)3/h8-10H,1-2,6-7H2,3-5H3. The van der Waals surface area contributed by atoms with E-state index in [0.717, 1.165) is 18.3 Å². The molecule has 0 heteroatoms. The highest BCUT2D eigenvalue weighted by Gasteiger charge is 2.13. The Bertz CT molecular complexity index is 74.1. The minimum Gasteiger partial charge on any atom is -0.0622 e. The van der Waals surface area contributed by atoms with Crippen LogP contribution in [0.5, 0.6) is 0 Å². The van der Waals surface area contributed by atoms with Crippen molar-refractivity contribution in [2.24, 2.45) is 17.8 Å². The summed E-state index contributed by atoms with van der Waals surface area (Å²) in [5, 5.41) is 0. The first-order chi connectivity index (χ1) is 4.59. The van der Waals surface area contributed by atoms with Gasteiger partial charge in [0.05, 0.1) is 0 Å². The molecular formula is C10H20. The van der Waals surface area contributed by atoms with Crippen LogP contribution in [0.25, 0.3) is 0 Å². The van der Waals surface area contributed by atoms with Gasteiger partial charge < -0.3 is 0 Å². The molecule has 0 fully saturated rings. The second kappa shape index (κ2) is 4.76. The van der Waals surface area contributed by atoms with Crippen LogP contribution in [0.3, 0.4) is 0 Å². The van der Waals surface area contributed by atoms with E-state index in [0.29, 0.717) is 5.92 Å². The van der Waals surface area contributed by atoms with Crippen LogP contribution < -0.4 is 0 Å². The molecule has 0 saturated heterocycles. The van der Waals surface area contributed by atoms with Crippen molar-refractivity contribution >= 4 is 0 Å². The molecule has 0 aromatic heterocycles. The maximum absolute atomic E-state index is 4.02. The highest BCUT2D eigenvalue weighted by Crippen LogP contribution is 2.23. The highest BCUT2D eigenvalue weighted by molar-refractivity contribution is 4.69. The Labute approximate surface area is 66.0 Å². The second-order valence-electron chi connectivity index (χ2n) is 3.46. The normalized spacial score (nSPS) is 17.4. The average molecular weight is 140 g/mol. The lowest BCUT2D eigenvalue weighted by Gasteiger charge is -2.22. The van der Waals surface area contributed by atoms with Crippen molar-refractivity contribution in [2.75, 3.05) is 0 Å². The van der Waals surface area contributed by atoms with E-state index in [1.54, 1.807) is 0 Å². The minimum absolute atomic E-state index is 0.571. The van der Waals surface area contributed by atoms with Crippen molar-refractivity contribution in [3.8, 4) is 0 Å². The van der Waals surface area contributed by atoms with Crippen LogP contribution in [0.1, 0.15) is 33.6 Å². The number of hydrogen-bond donors (Lipinski definition) is 0. The van der Waals surface area contributed by atoms with Crippen molar-refractivity contribution in [3.05, 3.63) is 13.8 Å². The van der Waals surface area contributed by atoms with Gasteiger partial charge in [0, 0.05) is 0 Å². The van der Waals surface area contributed by atoms with Gasteiger partial charge in [-0.2, -0.15) is 0 Å². The molecule has 0 N–H and O–H groups in total. The van der Waals surface area contributed by atoms with Crippen molar-refractivity contribution in [2.45, 2.75) is 33.6 Å². The van der Waals surface area contributed by atoms with E-state index in [-0.39, 0.29) is 0 Å². The Morgan fingerprint density at radius 3 is 2.00 bits per heavy atom. The predicted octanol–water partition coefficient (Wildman–Crippen LogP) is 3.34. The Morgan fingerprint density at radius 1 is 1.20 bits per heavy atom. The summed E-state index contributed by atoms with van der Waals surface area (Å²) in [7, 11) is 0. The van der Waals surface area contributed by atoms with Crippen molar-refractivity contribution < 1.29 is 0 Å². The van der Waals surface area contributed by atoms with Gasteiger partial charge in [-0.05, 0) is 17.8 Å². The Kier molecular flexibility index (Phi) is 4.76.